The maximum absolute atomic E-state index is 12.7. The molecular formula is C14H12F3N3O. The Morgan fingerprint density at radius 1 is 1.29 bits per heavy atom. The molecule has 3 N–H and O–H groups in total. The Hall–Kier alpha value is -2.57. The summed E-state index contributed by atoms with van der Waals surface area (Å²) < 4.78 is 38.2. The number of amides is 1. The Labute approximate surface area is 118 Å². The number of aromatic nitrogens is 1. The lowest BCUT2D eigenvalue weighted by molar-refractivity contribution is -0.136. The molecule has 0 radical (unpaired) electrons. The fourth-order valence-electron chi connectivity index (χ4n) is 1.80. The Morgan fingerprint density at radius 3 is 2.62 bits per heavy atom. The summed E-state index contributed by atoms with van der Waals surface area (Å²) in [5, 5.41) is 2.42. The van der Waals surface area contributed by atoms with Crippen molar-refractivity contribution in [2.45, 2.75) is 13.1 Å². The largest absolute Gasteiger partial charge is 0.418 e. The fourth-order valence-corrected chi connectivity index (χ4v) is 1.80. The van der Waals surface area contributed by atoms with Crippen LogP contribution in [-0.4, -0.2) is 10.9 Å². The standard InChI is InChI=1S/C14H12F3N3O/c1-8-5-6-19-11(7-8)20-13(21)9-3-2-4-10(12(9)18)14(15,16)17/h2-7H,18H2,1H3,(H,19,20,21). The van der Waals surface area contributed by atoms with Crippen molar-refractivity contribution in [3.8, 4) is 0 Å². The molecular weight excluding hydrogens is 283 g/mol. The van der Waals surface area contributed by atoms with Crippen molar-refractivity contribution in [1.29, 1.82) is 0 Å². The third kappa shape index (κ3) is 3.31. The van der Waals surface area contributed by atoms with Crippen LogP contribution in [0.15, 0.2) is 36.5 Å². The van der Waals surface area contributed by atoms with Gasteiger partial charge in [-0.3, -0.25) is 4.79 Å². The van der Waals surface area contributed by atoms with Gasteiger partial charge in [-0.05, 0) is 36.8 Å². The quantitative estimate of drug-likeness (QED) is 0.836. The number of para-hydroxylation sites is 1. The van der Waals surface area contributed by atoms with Gasteiger partial charge in [0.25, 0.3) is 5.91 Å². The maximum atomic E-state index is 12.7. The van der Waals surface area contributed by atoms with Crippen LogP contribution in [0.25, 0.3) is 0 Å². The number of nitrogens with zero attached hydrogens (tertiary/aromatic N) is 1. The van der Waals surface area contributed by atoms with Crippen LogP contribution >= 0.6 is 0 Å². The molecule has 0 atom stereocenters. The van der Waals surface area contributed by atoms with Gasteiger partial charge >= 0.3 is 6.18 Å². The summed E-state index contributed by atoms with van der Waals surface area (Å²) in [6, 6.07) is 6.53. The van der Waals surface area contributed by atoms with E-state index >= 15 is 0 Å². The van der Waals surface area contributed by atoms with Crippen LogP contribution in [0, 0.1) is 6.92 Å². The summed E-state index contributed by atoms with van der Waals surface area (Å²) in [6.45, 7) is 1.80. The third-order valence-corrected chi connectivity index (χ3v) is 2.81. The molecule has 0 saturated carbocycles. The highest BCUT2D eigenvalue weighted by atomic mass is 19.4. The van der Waals surface area contributed by atoms with Crippen molar-refractivity contribution in [1.82, 2.24) is 4.98 Å². The van der Waals surface area contributed by atoms with Crippen molar-refractivity contribution in [2.24, 2.45) is 0 Å². The molecule has 0 unspecified atom stereocenters. The second-order valence-corrected chi connectivity index (χ2v) is 4.44. The topological polar surface area (TPSA) is 68.0 Å². The number of rotatable bonds is 2. The number of halogens is 3. The lowest BCUT2D eigenvalue weighted by atomic mass is 10.1. The minimum absolute atomic E-state index is 0.242. The van der Waals surface area contributed by atoms with E-state index in [0.29, 0.717) is 0 Å². The van der Waals surface area contributed by atoms with Gasteiger partial charge in [-0.25, -0.2) is 4.98 Å². The fraction of sp³-hybridized carbons (Fsp3) is 0.143. The first-order chi connectivity index (χ1) is 9.79. The second kappa shape index (κ2) is 5.43. The Kier molecular flexibility index (Phi) is 3.84. The highest BCUT2D eigenvalue weighted by Gasteiger charge is 2.34. The lowest BCUT2D eigenvalue weighted by Crippen LogP contribution is -2.18. The van der Waals surface area contributed by atoms with Crippen LogP contribution in [0.1, 0.15) is 21.5 Å². The van der Waals surface area contributed by atoms with E-state index in [2.05, 4.69) is 10.3 Å². The number of hydrogen-bond acceptors (Lipinski definition) is 3. The van der Waals surface area contributed by atoms with E-state index in [1.165, 1.54) is 12.3 Å². The first kappa shape index (κ1) is 14.8. The van der Waals surface area contributed by atoms with Crippen molar-refractivity contribution in [3.05, 3.63) is 53.2 Å². The van der Waals surface area contributed by atoms with Gasteiger partial charge in [0.2, 0.25) is 0 Å². The number of benzene rings is 1. The summed E-state index contributed by atoms with van der Waals surface area (Å²) >= 11 is 0. The Bertz CT molecular complexity index is 683. The zero-order valence-corrected chi connectivity index (χ0v) is 11.0. The van der Waals surface area contributed by atoms with Crippen molar-refractivity contribution in [3.63, 3.8) is 0 Å². The normalized spacial score (nSPS) is 11.2. The summed E-state index contributed by atoms with van der Waals surface area (Å²) in [7, 11) is 0. The highest BCUT2D eigenvalue weighted by Crippen LogP contribution is 2.35. The SMILES string of the molecule is Cc1ccnc(NC(=O)c2cccc(C(F)(F)F)c2N)c1. The van der Waals surface area contributed by atoms with Gasteiger partial charge in [-0.1, -0.05) is 6.07 Å². The Morgan fingerprint density at radius 2 is 2.00 bits per heavy atom. The van der Waals surface area contributed by atoms with E-state index in [-0.39, 0.29) is 11.4 Å². The Balaban J connectivity index is 2.32. The van der Waals surface area contributed by atoms with Crippen LogP contribution in [-0.2, 0) is 6.18 Å². The summed E-state index contributed by atoms with van der Waals surface area (Å²) in [4.78, 5) is 15.9. The van der Waals surface area contributed by atoms with Crippen molar-refractivity contribution >= 4 is 17.4 Å². The average molecular weight is 295 g/mol. The van der Waals surface area contributed by atoms with Crippen LogP contribution in [0.2, 0.25) is 0 Å². The predicted molar refractivity (Wildman–Crippen MR) is 72.8 cm³/mol. The molecule has 0 aliphatic rings. The van der Waals surface area contributed by atoms with Crippen molar-refractivity contribution < 1.29 is 18.0 Å². The summed E-state index contributed by atoms with van der Waals surface area (Å²) in [6.07, 6.45) is -3.12. The van der Waals surface area contributed by atoms with Gasteiger partial charge in [0, 0.05) is 6.20 Å². The molecule has 2 aromatic rings. The zero-order chi connectivity index (χ0) is 15.6. The number of hydrogen-bond donors (Lipinski definition) is 2. The van der Waals surface area contributed by atoms with Gasteiger partial charge in [0.1, 0.15) is 5.82 Å². The monoisotopic (exact) mass is 295 g/mol. The minimum atomic E-state index is -4.61. The molecule has 110 valence electrons. The van der Waals surface area contributed by atoms with E-state index in [1.54, 1.807) is 19.1 Å². The van der Waals surface area contributed by atoms with Gasteiger partial charge in [-0.2, -0.15) is 13.2 Å². The summed E-state index contributed by atoms with van der Waals surface area (Å²) in [5.41, 5.74) is 4.43. The van der Waals surface area contributed by atoms with Crippen LogP contribution < -0.4 is 11.1 Å². The second-order valence-electron chi connectivity index (χ2n) is 4.44. The molecule has 0 fully saturated rings. The molecule has 0 aliphatic carbocycles. The predicted octanol–water partition coefficient (Wildman–Crippen LogP) is 3.24. The van der Waals surface area contributed by atoms with Gasteiger partial charge in [-0.15, -0.1) is 0 Å². The molecule has 0 bridgehead atoms. The maximum Gasteiger partial charge on any atom is 0.418 e. The molecule has 1 aromatic carbocycles. The molecule has 0 spiro atoms. The molecule has 1 amide bonds. The average Bonchev–Trinajstić information content (AvgIpc) is 2.37. The number of nitrogens with one attached hydrogen (secondary N) is 1. The van der Waals surface area contributed by atoms with Gasteiger partial charge in [0.15, 0.2) is 0 Å². The van der Waals surface area contributed by atoms with Crippen LogP contribution in [0.5, 0.6) is 0 Å². The molecule has 21 heavy (non-hydrogen) atoms. The summed E-state index contributed by atoms with van der Waals surface area (Å²) in [5.74, 6) is -0.492. The molecule has 2 rings (SSSR count). The van der Waals surface area contributed by atoms with Crippen LogP contribution in [0.4, 0.5) is 24.7 Å². The first-order valence-corrected chi connectivity index (χ1v) is 5.98. The number of nitrogens with two attached hydrogens (primary N) is 1. The van der Waals surface area contributed by atoms with E-state index in [0.717, 1.165) is 17.7 Å². The lowest BCUT2D eigenvalue weighted by Gasteiger charge is -2.13. The third-order valence-electron chi connectivity index (χ3n) is 2.81. The molecule has 0 aliphatic heterocycles. The first-order valence-electron chi connectivity index (χ1n) is 5.98. The van der Waals surface area contributed by atoms with Gasteiger partial charge < -0.3 is 11.1 Å². The molecule has 7 heteroatoms. The molecule has 0 saturated heterocycles. The molecule has 4 nitrogen and oxygen atoms in total. The van der Waals surface area contributed by atoms with Crippen LogP contribution in [0.3, 0.4) is 0 Å². The number of aryl methyl sites for hydroxylation is 1. The number of carbonyl (C=O) groups is 1. The number of alkyl halides is 3. The van der Waals surface area contributed by atoms with E-state index < -0.39 is 23.3 Å². The van der Waals surface area contributed by atoms with Gasteiger partial charge in [0.05, 0.1) is 16.8 Å². The molecule has 1 heterocycles. The van der Waals surface area contributed by atoms with Crippen molar-refractivity contribution in [2.75, 3.05) is 11.1 Å². The number of nitrogen functional groups attached to an aromatic ring is 1. The van der Waals surface area contributed by atoms with E-state index in [1.807, 2.05) is 0 Å². The highest BCUT2D eigenvalue weighted by molar-refractivity contribution is 6.07. The van der Waals surface area contributed by atoms with E-state index in [9.17, 15) is 18.0 Å². The van der Waals surface area contributed by atoms with E-state index in [4.69, 9.17) is 5.73 Å². The number of pyridine rings is 1. The number of carbonyl (C=O) groups excluding carboxylic acids is 1. The molecule has 1 aromatic heterocycles. The smallest absolute Gasteiger partial charge is 0.398 e. The minimum Gasteiger partial charge on any atom is -0.398 e. The zero-order valence-electron chi connectivity index (χ0n) is 11.0. The number of anilines is 2.